The van der Waals surface area contributed by atoms with Crippen LogP contribution >= 0.6 is 0 Å². The normalized spacial score (nSPS) is 16.8. The summed E-state index contributed by atoms with van der Waals surface area (Å²) >= 11 is 0. The molecule has 3 rings (SSSR count). The largest absolute Gasteiger partial charge is 0.408 e. The molecule has 0 bridgehead atoms. The summed E-state index contributed by atoms with van der Waals surface area (Å²) in [6.07, 6.45) is 3.17. The van der Waals surface area contributed by atoms with Crippen LogP contribution in [-0.2, 0) is 6.42 Å². The van der Waals surface area contributed by atoms with Crippen molar-refractivity contribution in [2.24, 2.45) is 0 Å². The molecule has 0 spiro atoms. The van der Waals surface area contributed by atoms with Crippen LogP contribution in [0.1, 0.15) is 43.0 Å². The first-order valence-electron chi connectivity index (χ1n) is 6.31. The van der Waals surface area contributed by atoms with Crippen molar-refractivity contribution < 1.29 is 4.42 Å². The average molecular weight is 247 g/mol. The second-order valence-corrected chi connectivity index (χ2v) is 5.01. The number of rotatable bonds is 5. The van der Waals surface area contributed by atoms with Gasteiger partial charge in [-0.3, -0.25) is 5.10 Å². The van der Waals surface area contributed by atoms with E-state index in [2.05, 4.69) is 32.6 Å². The SMILES string of the molecule is Cc1cc(C[C@@H](C)Nc2nnc(C3CC3)o2)n[nH]1. The zero-order valence-electron chi connectivity index (χ0n) is 10.6. The Bertz CT molecular complexity index is 528. The highest BCUT2D eigenvalue weighted by Crippen LogP contribution is 2.39. The van der Waals surface area contributed by atoms with Gasteiger partial charge < -0.3 is 9.73 Å². The summed E-state index contributed by atoms with van der Waals surface area (Å²) in [6, 6.07) is 2.76. The Kier molecular flexibility index (Phi) is 2.77. The molecule has 0 unspecified atom stereocenters. The molecule has 0 saturated heterocycles. The lowest BCUT2D eigenvalue weighted by molar-refractivity contribution is 0.501. The summed E-state index contributed by atoms with van der Waals surface area (Å²) in [5.74, 6) is 1.26. The fourth-order valence-electron chi connectivity index (χ4n) is 1.94. The molecule has 1 atom stereocenters. The Balaban J connectivity index is 1.57. The first kappa shape index (κ1) is 11.3. The van der Waals surface area contributed by atoms with E-state index in [1.807, 2.05) is 13.0 Å². The van der Waals surface area contributed by atoms with Crippen molar-refractivity contribution in [3.8, 4) is 0 Å². The topological polar surface area (TPSA) is 79.6 Å². The Labute approximate surface area is 105 Å². The molecular weight excluding hydrogens is 230 g/mol. The second kappa shape index (κ2) is 4.44. The highest BCUT2D eigenvalue weighted by atomic mass is 16.4. The molecule has 1 aliphatic carbocycles. The Morgan fingerprint density at radius 2 is 2.33 bits per heavy atom. The molecule has 1 fully saturated rings. The molecule has 0 amide bonds. The van der Waals surface area contributed by atoms with Crippen LogP contribution in [0.2, 0.25) is 0 Å². The summed E-state index contributed by atoms with van der Waals surface area (Å²) in [6.45, 7) is 4.07. The molecule has 2 heterocycles. The third-order valence-corrected chi connectivity index (χ3v) is 3.01. The van der Waals surface area contributed by atoms with Gasteiger partial charge in [-0.2, -0.15) is 5.10 Å². The Morgan fingerprint density at radius 3 is 3.00 bits per heavy atom. The number of hydrogen-bond donors (Lipinski definition) is 2. The molecule has 6 heteroatoms. The van der Waals surface area contributed by atoms with Crippen molar-refractivity contribution in [2.75, 3.05) is 5.32 Å². The van der Waals surface area contributed by atoms with Gasteiger partial charge in [-0.25, -0.2) is 0 Å². The Morgan fingerprint density at radius 1 is 1.50 bits per heavy atom. The van der Waals surface area contributed by atoms with Crippen LogP contribution in [0, 0.1) is 6.92 Å². The fraction of sp³-hybridized carbons (Fsp3) is 0.583. The molecule has 6 nitrogen and oxygen atoms in total. The number of nitrogens with zero attached hydrogens (tertiary/aromatic N) is 3. The highest BCUT2D eigenvalue weighted by Gasteiger charge is 2.29. The van der Waals surface area contributed by atoms with E-state index in [9.17, 15) is 0 Å². The van der Waals surface area contributed by atoms with E-state index in [1.165, 1.54) is 12.8 Å². The first-order valence-corrected chi connectivity index (χ1v) is 6.31. The van der Waals surface area contributed by atoms with Gasteiger partial charge in [0.2, 0.25) is 5.89 Å². The van der Waals surface area contributed by atoms with Crippen LogP contribution in [-0.4, -0.2) is 26.4 Å². The van der Waals surface area contributed by atoms with Crippen molar-refractivity contribution in [2.45, 2.75) is 45.1 Å². The monoisotopic (exact) mass is 247 g/mol. The van der Waals surface area contributed by atoms with Gasteiger partial charge in [0.1, 0.15) is 0 Å². The molecular formula is C12H17N5O. The lowest BCUT2D eigenvalue weighted by Crippen LogP contribution is -2.18. The maximum Gasteiger partial charge on any atom is 0.315 e. The zero-order valence-corrected chi connectivity index (χ0v) is 10.6. The third-order valence-electron chi connectivity index (χ3n) is 3.01. The quantitative estimate of drug-likeness (QED) is 0.845. The lowest BCUT2D eigenvalue weighted by Gasteiger charge is -2.09. The number of nitrogens with one attached hydrogen (secondary N) is 2. The molecule has 0 radical (unpaired) electrons. The van der Waals surface area contributed by atoms with E-state index in [-0.39, 0.29) is 6.04 Å². The van der Waals surface area contributed by atoms with Gasteiger partial charge in [0.25, 0.3) is 0 Å². The lowest BCUT2D eigenvalue weighted by atomic mass is 10.2. The first-order chi connectivity index (χ1) is 8.70. The standard InChI is InChI=1S/C12H17N5O/c1-7(5-10-6-8(2)14-15-10)13-12-17-16-11(18-12)9-3-4-9/h6-7,9H,3-5H2,1-2H3,(H,13,17)(H,14,15)/t7-/m1/s1. The van der Waals surface area contributed by atoms with E-state index < -0.39 is 0 Å². The molecule has 96 valence electrons. The number of anilines is 1. The van der Waals surface area contributed by atoms with Gasteiger partial charge in [-0.1, -0.05) is 5.10 Å². The van der Waals surface area contributed by atoms with Crippen LogP contribution < -0.4 is 5.32 Å². The third kappa shape index (κ3) is 2.52. The number of H-pyrrole nitrogens is 1. The molecule has 1 saturated carbocycles. The van der Waals surface area contributed by atoms with Gasteiger partial charge in [-0.15, -0.1) is 5.10 Å². The van der Waals surface area contributed by atoms with Crippen LogP contribution in [0.3, 0.4) is 0 Å². The molecule has 2 aromatic rings. The van der Waals surface area contributed by atoms with Crippen molar-refractivity contribution in [3.05, 3.63) is 23.3 Å². The van der Waals surface area contributed by atoms with Gasteiger partial charge in [-0.05, 0) is 32.8 Å². The maximum atomic E-state index is 5.56. The van der Waals surface area contributed by atoms with Crippen LogP contribution in [0.25, 0.3) is 0 Å². The van der Waals surface area contributed by atoms with Crippen LogP contribution in [0.15, 0.2) is 10.5 Å². The van der Waals surface area contributed by atoms with Crippen molar-refractivity contribution in [3.63, 3.8) is 0 Å². The minimum atomic E-state index is 0.209. The summed E-state index contributed by atoms with van der Waals surface area (Å²) in [7, 11) is 0. The molecule has 0 aromatic carbocycles. The average Bonchev–Trinajstić information content (AvgIpc) is 2.95. The molecule has 1 aliphatic rings. The molecule has 18 heavy (non-hydrogen) atoms. The molecule has 0 aliphatic heterocycles. The van der Waals surface area contributed by atoms with Gasteiger partial charge in [0, 0.05) is 24.1 Å². The van der Waals surface area contributed by atoms with Crippen LogP contribution in [0.5, 0.6) is 0 Å². The van der Waals surface area contributed by atoms with E-state index in [1.54, 1.807) is 0 Å². The number of aromatic nitrogens is 4. The molecule has 2 N–H and O–H groups in total. The number of aromatic amines is 1. The Hall–Kier alpha value is -1.85. The smallest absolute Gasteiger partial charge is 0.315 e. The molecule has 2 aromatic heterocycles. The number of aryl methyl sites for hydroxylation is 1. The minimum Gasteiger partial charge on any atom is -0.408 e. The van der Waals surface area contributed by atoms with Crippen molar-refractivity contribution >= 4 is 6.01 Å². The fourth-order valence-corrected chi connectivity index (χ4v) is 1.94. The summed E-state index contributed by atoms with van der Waals surface area (Å²) in [4.78, 5) is 0. The van der Waals surface area contributed by atoms with E-state index in [0.717, 1.165) is 23.7 Å². The van der Waals surface area contributed by atoms with Crippen LogP contribution in [0.4, 0.5) is 6.01 Å². The van der Waals surface area contributed by atoms with E-state index >= 15 is 0 Å². The van der Waals surface area contributed by atoms with Gasteiger partial charge in [0.05, 0.1) is 5.69 Å². The van der Waals surface area contributed by atoms with Crippen molar-refractivity contribution in [1.82, 2.24) is 20.4 Å². The van der Waals surface area contributed by atoms with Gasteiger partial charge >= 0.3 is 6.01 Å². The summed E-state index contributed by atoms with van der Waals surface area (Å²) in [5, 5.41) is 18.4. The predicted octanol–water partition coefficient (Wildman–Crippen LogP) is 2.02. The van der Waals surface area contributed by atoms with Crippen molar-refractivity contribution in [1.29, 1.82) is 0 Å². The van der Waals surface area contributed by atoms with Gasteiger partial charge in [0.15, 0.2) is 0 Å². The number of hydrogen-bond acceptors (Lipinski definition) is 5. The predicted molar refractivity (Wildman–Crippen MR) is 66.4 cm³/mol. The zero-order chi connectivity index (χ0) is 12.5. The van der Waals surface area contributed by atoms with E-state index in [0.29, 0.717) is 11.9 Å². The van der Waals surface area contributed by atoms with E-state index in [4.69, 9.17) is 4.42 Å². The highest BCUT2D eigenvalue weighted by molar-refractivity contribution is 5.22. The summed E-state index contributed by atoms with van der Waals surface area (Å²) < 4.78 is 5.56. The minimum absolute atomic E-state index is 0.209. The second-order valence-electron chi connectivity index (χ2n) is 5.01. The maximum absolute atomic E-state index is 5.56. The summed E-state index contributed by atoms with van der Waals surface area (Å²) in [5.41, 5.74) is 2.11.